The third-order valence-corrected chi connectivity index (χ3v) is 4.79. The van der Waals surface area contributed by atoms with Crippen LogP contribution in [0.25, 0.3) is 0 Å². The molecule has 5 nitrogen and oxygen atoms in total. The maximum atomic E-state index is 12.4. The summed E-state index contributed by atoms with van der Waals surface area (Å²) >= 11 is 0. The molecule has 1 aromatic carbocycles. The zero-order valence-electron chi connectivity index (χ0n) is 13.3. The van der Waals surface area contributed by atoms with E-state index in [1.165, 1.54) is 4.31 Å². The van der Waals surface area contributed by atoms with Crippen molar-refractivity contribution in [3.63, 3.8) is 0 Å². The molecule has 0 radical (unpaired) electrons. The van der Waals surface area contributed by atoms with Gasteiger partial charge in [0.1, 0.15) is 12.4 Å². The summed E-state index contributed by atoms with van der Waals surface area (Å²) in [5.74, 6) is 0.969. The lowest BCUT2D eigenvalue weighted by Crippen LogP contribution is -2.30. The predicted molar refractivity (Wildman–Crippen MR) is 85.1 cm³/mol. The van der Waals surface area contributed by atoms with Crippen molar-refractivity contribution in [1.82, 2.24) is 9.62 Å². The molecule has 0 heterocycles. The first kappa shape index (κ1) is 17.9. The molecular formula is C15H26N2O3S. The largest absolute Gasteiger partial charge is 0.492 e. The molecule has 120 valence electrons. The highest BCUT2D eigenvalue weighted by Gasteiger charge is 2.21. The highest BCUT2D eigenvalue weighted by molar-refractivity contribution is 7.89. The van der Waals surface area contributed by atoms with Gasteiger partial charge < -0.3 is 10.1 Å². The molecule has 1 aromatic rings. The molecular weight excluding hydrogens is 288 g/mol. The van der Waals surface area contributed by atoms with Crippen LogP contribution in [0.2, 0.25) is 0 Å². The fourth-order valence-corrected chi connectivity index (χ4v) is 3.25. The number of nitrogens with zero attached hydrogens (tertiary/aromatic N) is 1. The smallest absolute Gasteiger partial charge is 0.242 e. The number of nitrogens with one attached hydrogen (secondary N) is 1. The van der Waals surface area contributed by atoms with Crippen LogP contribution in [0.15, 0.2) is 29.2 Å². The molecule has 0 spiro atoms. The Balaban J connectivity index is 2.68. The first-order valence-electron chi connectivity index (χ1n) is 7.27. The maximum absolute atomic E-state index is 12.4. The topological polar surface area (TPSA) is 58.6 Å². The lowest BCUT2D eigenvalue weighted by atomic mass is 10.2. The lowest BCUT2D eigenvalue weighted by molar-refractivity contribution is 0.315. The van der Waals surface area contributed by atoms with Gasteiger partial charge in [-0.25, -0.2) is 12.7 Å². The van der Waals surface area contributed by atoms with Crippen LogP contribution in [-0.2, 0) is 10.0 Å². The van der Waals surface area contributed by atoms with Crippen LogP contribution < -0.4 is 10.1 Å². The maximum Gasteiger partial charge on any atom is 0.242 e. The molecule has 0 unspecified atom stereocenters. The Hall–Kier alpha value is -1.11. The number of ether oxygens (including phenoxy) is 1. The summed E-state index contributed by atoms with van der Waals surface area (Å²) in [6.45, 7) is 8.76. The summed E-state index contributed by atoms with van der Waals surface area (Å²) in [6, 6.07) is 6.58. The second-order valence-electron chi connectivity index (χ2n) is 5.35. The first-order valence-corrected chi connectivity index (χ1v) is 8.71. The third-order valence-electron chi connectivity index (χ3n) is 2.95. The van der Waals surface area contributed by atoms with E-state index in [0.29, 0.717) is 29.7 Å². The van der Waals surface area contributed by atoms with E-state index in [1.807, 2.05) is 20.8 Å². The van der Waals surface area contributed by atoms with E-state index >= 15 is 0 Å². The Morgan fingerprint density at radius 3 is 2.38 bits per heavy atom. The van der Waals surface area contributed by atoms with E-state index in [1.54, 1.807) is 31.3 Å². The quantitative estimate of drug-likeness (QED) is 0.708. The minimum atomic E-state index is -3.41. The Kier molecular flexibility index (Phi) is 7.14. The number of likely N-dealkylation sites (N-methyl/N-ethyl adjacent to an activating group) is 1. The van der Waals surface area contributed by atoms with Gasteiger partial charge >= 0.3 is 0 Å². The number of hydrogen-bond donors (Lipinski definition) is 1. The Morgan fingerprint density at radius 1 is 1.24 bits per heavy atom. The van der Waals surface area contributed by atoms with Crippen LogP contribution in [-0.4, -0.2) is 46.0 Å². The fourth-order valence-electron chi connectivity index (χ4n) is 1.92. The van der Waals surface area contributed by atoms with Gasteiger partial charge in [0.05, 0.1) is 4.90 Å². The van der Waals surface area contributed by atoms with E-state index < -0.39 is 10.0 Å². The molecule has 1 N–H and O–H groups in total. The molecule has 0 amide bonds. The zero-order valence-corrected chi connectivity index (χ0v) is 14.1. The summed E-state index contributed by atoms with van der Waals surface area (Å²) in [4.78, 5) is 0.296. The minimum absolute atomic E-state index is 0.290. The van der Waals surface area contributed by atoms with Gasteiger partial charge in [-0.3, -0.25) is 0 Å². The molecule has 0 fully saturated rings. The average Bonchev–Trinajstić information content (AvgIpc) is 2.43. The second kappa shape index (κ2) is 8.36. The molecule has 0 aliphatic carbocycles. The molecule has 0 aliphatic rings. The standard InChI is InChI=1S/C15H26N2O3S/c1-5-16-10-11-20-14-6-8-15(9-7-14)21(18,19)17(4)12-13(2)3/h6-9,13,16H,5,10-12H2,1-4H3. The van der Waals surface area contributed by atoms with Gasteiger partial charge in [-0.15, -0.1) is 0 Å². The fraction of sp³-hybridized carbons (Fsp3) is 0.600. The van der Waals surface area contributed by atoms with Crippen LogP contribution >= 0.6 is 0 Å². The van der Waals surface area contributed by atoms with Crippen molar-refractivity contribution in [2.75, 3.05) is 33.3 Å². The van der Waals surface area contributed by atoms with Gasteiger partial charge in [-0.1, -0.05) is 20.8 Å². The van der Waals surface area contributed by atoms with E-state index in [2.05, 4.69) is 5.32 Å². The molecule has 0 bridgehead atoms. The molecule has 21 heavy (non-hydrogen) atoms. The van der Waals surface area contributed by atoms with Gasteiger partial charge in [-0.05, 0) is 36.7 Å². The second-order valence-corrected chi connectivity index (χ2v) is 7.40. The van der Waals surface area contributed by atoms with Crippen molar-refractivity contribution >= 4 is 10.0 Å². The van der Waals surface area contributed by atoms with E-state index in [4.69, 9.17) is 4.74 Å². The molecule has 0 atom stereocenters. The summed E-state index contributed by atoms with van der Waals surface area (Å²) in [5, 5.41) is 3.16. The van der Waals surface area contributed by atoms with Crippen LogP contribution in [0, 0.1) is 5.92 Å². The number of benzene rings is 1. The van der Waals surface area contributed by atoms with Crippen molar-refractivity contribution < 1.29 is 13.2 Å². The summed E-state index contributed by atoms with van der Waals surface area (Å²) < 4.78 is 31.6. The number of hydrogen-bond acceptors (Lipinski definition) is 4. The SMILES string of the molecule is CCNCCOc1ccc(S(=O)(=O)N(C)CC(C)C)cc1. The monoisotopic (exact) mass is 314 g/mol. The van der Waals surface area contributed by atoms with Crippen LogP contribution in [0.4, 0.5) is 0 Å². The summed E-state index contributed by atoms with van der Waals surface area (Å²) in [7, 11) is -1.81. The van der Waals surface area contributed by atoms with E-state index in [9.17, 15) is 8.42 Å². The summed E-state index contributed by atoms with van der Waals surface area (Å²) in [5.41, 5.74) is 0. The Morgan fingerprint density at radius 2 is 1.86 bits per heavy atom. The predicted octanol–water partition coefficient (Wildman–Crippen LogP) is 1.95. The van der Waals surface area contributed by atoms with Crippen molar-refractivity contribution in [1.29, 1.82) is 0 Å². The molecule has 0 aromatic heterocycles. The molecule has 0 saturated carbocycles. The van der Waals surface area contributed by atoms with E-state index in [-0.39, 0.29) is 0 Å². The van der Waals surface area contributed by atoms with Crippen LogP contribution in [0.1, 0.15) is 20.8 Å². The average molecular weight is 314 g/mol. The van der Waals surface area contributed by atoms with Crippen LogP contribution in [0.5, 0.6) is 5.75 Å². The molecule has 0 saturated heterocycles. The molecule has 0 aliphatic heterocycles. The Bertz CT molecular complexity index is 512. The van der Waals surface area contributed by atoms with Crippen molar-refractivity contribution in [2.45, 2.75) is 25.7 Å². The van der Waals surface area contributed by atoms with Gasteiger partial charge in [0, 0.05) is 20.1 Å². The highest BCUT2D eigenvalue weighted by atomic mass is 32.2. The number of sulfonamides is 1. The van der Waals surface area contributed by atoms with Gasteiger partial charge in [0.2, 0.25) is 10.0 Å². The summed E-state index contributed by atoms with van der Waals surface area (Å²) in [6.07, 6.45) is 0. The molecule has 1 rings (SSSR count). The Labute approximate surface area is 128 Å². The zero-order chi connectivity index (χ0) is 15.9. The van der Waals surface area contributed by atoms with Crippen molar-refractivity contribution in [2.24, 2.45) is 5.92 Å². The van der Waals surface area contributed by atoms with E-state index in [0.717, 1.165) is 13.1 Å². The van der Waals surface area contributed by atoms with Gasteiger partial charge in [0.15, 0.2) is 0 Å². The normalized spacial score (nSPS) is 12.1. The lowest BCUT2D eigenvalue weighted by Gasteiger charge is -2.19. The van der Waals surface area contributed by atoms with Crippen molar-refractivity contribution in [3.8, 4) is 5.75 Å². The minimum Gasteiger partial charge on any atom is -0.492 e. The van der Waals surface area contributed by atoms with Crippen molar-refractivity contribution in [3.05, 3.63) is 24.3 Å². The van der Waals surface area contributed by atoms with Gasteiger partial charge in [-0.2, -0.15) is 0 Å². The highest BCUT2D eigenvalue weighted by Crippen LogP contribution is 2.19. The molecule has 6 heteroatoms. The first-order chi connectivity index (χ1) is 9.87. The number of rotatable bonds is 9. The third kappa shape index (κ3) is 5.65. The van der Waals surface area contributed by atoms with Crippen LogP contribution in [0.3, 0.4) is 0 Å². The van der Waals surface area contributed by atoms with Gasteiger partial charge in [0.25, 0.3) is 0 Å².